The van der Waals surface area contributed by atoms with Crippen molar-refractivity contribution < 1.29 is 9.53 Å². The summed E-state index contributed by atoms with van der Waals surface area (Å²) in [6.07, 6.45) is 2.13. The first-order chi connectivity index (χ1) is 11.2. The highest BCUT2D eigenvalue weighted by Crippen LogP contribution is 2.28. The summed E-state index contributed by atoms with van der Waals surface area (Å²) in [4.78, 5) is 14.8. The predicted molar refractivity (Wildman–Crippen MR) is 98.9 cm³/mol. The molecule has 0 saturated heterocycles. The van der Waals surface area contributed by atoms with Crippen LogP contribution in [0.2, 0.25) is 0 Å². The van der Waals surface area contributed by atoms with Crippen molar-refractivity contribution in [2.75, 3.05) is 20.1 Å². The number of carbonyl (C=O) groups is 1. The maximum absolute atomic E-state index is 12.6. The van der Waals surface area contributed by atoms with E-state index in [4.69, 9.17) is 4.74 Å². The van der Waals surface area contributed by atoms with Crippen LogP contribution in [0.15, 0.2) is 66.7 Å². The Hall–Kier alpha value is -2.10. The molecule has 2 aromatic rings. The second kappa shape index (κ2) is 8.67. The minimum atomic E-state index is -0.236. The van der Waals surface area contributed by atoms with Gasteiger partial charge in [0.25, 0.3) is 0 Å². The van der Waals surface area contributed by atoms with Crippen molar-refractivity contribution in [3.8, 4) is 0 Å². The van der Waals surface area contributed by atoms with E-state index in [1.54, 1.807) is 0 Å². The fourth-order valence-corrected chi connectivity index (χ4v) is 2.86. The number of ether oxygens (including phenoxy) is 1. The largest absolute Gasteiger partial charge is 0.460 e. The molecule has 4 heteroatoms. The molecule has 2 aromatic carbocycles. The Morgan fingerprint density at radius 1 is 1.08 bits per heavy atom. The van der Waals surface area contributed by atoms with Crippen LogP contribution in [-0.4, -0.2) is 31.0 Å². The number of hydrogen-bond acceptors (Lipinski definition) is 3. The maximum Gasteiger partial charge on any atom is 0.315 e. The molecule has 126 valence electrons. The minimum absolute atomic E-state index is 0. The van der Waals surface area contributed by atoms with Crippen LogP contribution < -0.4 is 0 Å². The number of hydrogen-bond donors (Lipinski definition) is 0. The van der Waals surface area contributed by atoms with Crippen molar-refractivity contribution in [1.29, 1.82) is 0 Å². The van der Waals surface area contributed by atoms with Crippen molar-refractivity contribution in [2.45, 2.75) is 6.61 Å². The van der Waals surface area contributed by atoms with Gasteiger partial charge in [0.1, 0.15) is 6.61 Å². The number of likely N-dealkylation sites (N-methyl/N-ethyl adjacent to an activating group) is 1. The molecule has 1 unspecified atom stereocenters. The molecular weight excluding hydrogens is 322 g/mol. The molecule has 1 atom stereocenters. The van der Waals surface area contributed by atoms with E-state index in [0.717, 1.165) is 23.2 Å². The predicted octanol–water partition coefficient (Wildman–Crippen LogP) is 3.80. The highest BCUT2D eigenvalue weighted by Gasteiger charge is 2.29. The fourth-order valence-electron chi connectivity index (χ4n) is 2.86. The van der Waals surface area contributed by atoms with Crippen LogP contribution in [0.3, 0.4) is 0 Å². The van der Waals surface area contributed by atoms with E-state index in [9.17, 15) is 4.79 Å². The van der Waals surface area contributed by atoms with Gasteiger partial charge in [0.05, 0.1) is 5.92 Å². The summed E-state index contributed by atoms with van der Waals surface area (Å²) in [7, 11) is 2.02. The van der Waals surface area contributed by atoms with E-state index in [1.165, 1.54) is 0 Å². The van der Waals surface area contributed by atoms with Gasteiger partial charge in [-0.15, -0.1) is 12.4 Å². The van der Waals surface area contributed by atoms with Gasteiger partial charge in [-0.2, -0.15) is 0 Å². The van der Waals surface area contributed by atoms with Gasteiger partial charge in [-0.05, 0) is 23.7 Å². The molecule has 0 amide bonds. The van der Waals surface area contributed by atoms with Gasteiger partial charge in [0.2, 0.25) is 0 Å². The number of nitrogens with zero attached hydrogens (tertiary/aromatic N) is 1. The lowest BCUT2D eigenvalue weighted by molar-refractivity contribution is -0.148. The number of esters is 1. The van der Waals surface area contributed by atoms with Crippen LogP contribution in [0.1, 0.15) is 11.1 Å². The van der Waals surface area contributed by atoms with E-state index in [0.29, 0.717) is 13.2 Å². The lowest BCUT2D eigenvalue weighted by Gasteiger charge is -2.29. The Bertz CT molecular complexity index is 685. The lowest BCUT2D eigenvalue weighted by Crippen LogP contribution is -2.36. The van der Waals surface area contributed by atoms with E-state index in [-0.39, 0.29) is 24.3 Å². The molecule has 3 nitrogen and oxygen atoms in total. The summed E-state index contributed by atoms with van der Waals surface area (Å²) in [5.74, 6) is -0.393. The quantitative estimate of drug-likeness (QED) is 0.791. The molecule has 0 N–H and O–H groups in total. The maximum atomic E-state index is 12.6. The van der Waals surface area contributed by atoms with Crippen LogP contribution in [0.4, 0.5) is 0 Å². The SMILES string of the molecule is CN1CC=C(c2ccccc2)C(C(=O)OCc2ccccc2)C1.Cl. The molecule has 0 bridgehead atoms. The van der Waals surface area contributed by atoms with Crippen LogP contribution in [0.25, 0.3) is 5.57 Å². The van der Waals surface area contributed by atoms with Gasteiger partial charge in [0.15, 0.2) is 0 Å². The van der Waals surface area contributed by atoms with Gasteiger partial charge in [-0.3, -0.25) is 4.79 Å². The van der Waals surface area contributed by atoms with Crippen LogP contribution >= 0.6 is 12.4 Å². The first-order valence-electron chi connectivity index (χ1n) is 7.88. The lowest BCUT2D eigenvalue weighted by atomic mass is 9.89. The molecule has 0 radical (unpaired) electrons. The van der Waals surface area contributed by atoms with Gasteiger partial charge in [0, 0.05) is 13.1 Å². The summed E-state index contributed by atoms with van der Waals surface area (Å²) in [6.45, 7) is 1.86. The van der Waals surface area contributed by atoms with E-state index in [1.807, 2.05) is 55.6 Å². The zero-order valence-corrected chi connectivity index (χ0v) is 14.5. The molecular formula is C20H22ClNO2. The third-order valence-corrected chi connectivity index (χ3v) is 4.11. The molecule has 1 aliphatic heterocycles. The average molecular weight is 344 g/mol. The van der Waals surface area contributed by atoms with Gasteiger partial charge in [-0.1, -0.05) is 66.7 Å². The zero-order valence-electron chi connectivity index (χ0n) is 13.7. The summed E-state index contributed by atoms with van der Waals surface area (Å²) < 4.78 is 5.56. The van der Waals surface area contributed by atoms with Crippen molar-refractivity contribution >= 4 is 23.9 Å². The third kappa shape index (κ3) is 4.47. The molecule has 0 fully saturated rings. The fraction of sp³-hybridized carbons (Fsp3) is 0.250. The topological polar surface area (TPSA) is 29.5 Å². The van der Waals surface area contributed by atoms with Crippen molar-refractivity contribution in [1.82, 2.24) is 4.90 Å². The molecule has 1 heterocycles. The minimum Gasteiger partial charge on any atom is -0.460 e. The first kappa shape index (κ1) is 18.2. The molecule has 0 aromatic heterocycles. The van der Waals surface area contributed by atoms with E-state index >= 15 is 0 Å². The third-order valence-electron chi connectivity index (χ3n) is 4.11. The standard InChI is InChI=1S/C20H21NO2.ClH/c1-21-13-12-18(17-10-6-3-7-11-17)19(14-21)20(22)23-15-16-8-4-2-5-9-16;/h2-12,19H,13-15H2,1H3;1H. The Kier molecular flexibility index (Phi) is 6.59. The van der Waals surface area contributed by atoms with Crippen LogP contribution in [-0.2, 0) is 16.1 Å². The van der Waals surface area contributed by atoms with Crippen molar-refractivity contribution in [3.05, 3.63) is 77.9 Å². The molecule has 0 spiro atoms. The van der Waals surface area contributed by atoms with E-state index in [2.05, 4.69) is 23.1 Å². The van der Waals surface area contributed by atoms with E-state index < -0.39 is 0 Å². The second-order valence-electron chi connectivity index (χ2n) is 5.89. The van der Waals surface area contributed by atoms with Crippen LogP contribution in [0.5, 0.6) is 0 Å². The number of halogens is 1. The second-order valence-corrected chi connectivity index (χ2v) is 5.89. The highest BCUT2D eigenvalue weighted by molar-refractivity contribution is 5.89. The first-order valence-corrected chi connectivity index (χ1v) is 7.88. The number of benzene rings is 2. The Morgan fingerprint density at radius 2 is 1.71 bits per heavy atom. The van der Waals surface area contributed by atoms with Gasteiger partial charge >= 0.3 is 5.97 Å². The van der Waals surface area contributed by atoms with Gasteiger partial charge in [-0.25, -0.2) is 0 Å². The van der Waals surface area contributed by atoms with Gasteiger partial charge < -0.3 is 9.64 Å². The Morgan fingerprint density at radius 3 is 2.38 bits per heavy atom. The number of rotatable bonds is 4. The zero-order chi connectivity index (χ0) is 16.1. The van der Waals surface area contributed by atoms with Crippen LogP contribution in [0, 0.1) is 5.92 Å². The summed E-state index contributed by atoms with van der Waals surface area (Å²) in [5.41, 5.74) is 3.18. The summed E-state index contributed by atoms with van der Waals surface area (Å²) >= 11 is 0. The molecule has 24 heavy (non-hydrogen) atoms. The molecule has 0 saturated carbocycles. The molecule has 1 aliphatic rings. The van der Waals surface area contributed by atoms with Crippen molar-refractivity contribution in [3.63, 3.8) is 0 Å². The Labute approximate surface area is 149 Å². The Balaban J connectivity index is 0.00000208. The number of carbonyl (C=O) groups excluding carboxylic acids is 1. The molecule has 0 aliphatic carbocycles. The summed E-state index contributed by atoms with van der Waals surface area (Å²) in [5, 5.41) is 0. The smallest absolute Gasteiger partial charge is 0.315 e. The molecule has 3 rings (SSSR count). The normalized spacial score (nSPS) is 17.5. The monoisotopic (exact) mass is 343 g/mol. The van der Waals surface area contributed by atoms with Crippen molar-refractivity contribution in [2.24, 2.45) is 5.92 Å². The average Bonchev–Trinajstić information content (AvgIpc) is 2.61. The highest BCUT2D eigenvalue weighted by atomic mass is 35.5. The summed E-state index contributed by atoms with van der Waals surface area (Å²) in [6, 6.07) is 19.9.